The number of aliphatic hydroxyl groups is 1. The number of aliphatic hydroxyl groups excluding tert-OH is 1. The standard InChI is InChI=1S/C13H19NO/c1-9-7-11-5-3-4-6-12(11)13(9)14-10(2)8-15/h3-6,9-10,13-15H,7-8H2,1-2H3/t9?,10-,13?/m0/s1. The molecule has 0 amide bonds. The first-order chi connectivity index (χ1) is 7.22. The van der Waals surface area contributed by atoms with Crippen molar-refractivity contribution in [2.75, 3.05) is 6.61 Å². The van der Waals surface area contributed by atoms with Crippen LogP contribution in [0, 0.1) is 5.92 Å². The van der Waals surface area contributed by atoms with Gasteiger partial charge in [-0.3, -0.25) is 0 Å². The lowest BCUT2D eigenvalue weighted by molar-refractivity contribution is 0.231. The van der Waals surface area contributed by atoms with Gasteiger partial charge in [0, 0.05) is 12.1 Å². The predicted octanol–water partition coefficient (Wildman–Crippen LogP) is 1.89. The first-order valence-electron chi connectivity index (χ1n) is 5.67. The molecule has 2 heteroatoms. The molecule has 1 aliphatic carbocycles. The highest BCUT2D eigenvalue weighted by Gasteiger charge is 2.29. The normalized spacial score (nSPS) is 26.3. The summed E-state index contributed by atoms with van der Waals surface area (Å²) < 4.78 is 0. The molecule has 15 heavy (non-hydrogen) atoms. The van der Waals surface area contributed by atoms with Crippen LogP contribution in [-0.2, 0) is 6.42 Å². The van der Waals surface area contributed by atoms with Gasteiger partial charge in [-0.15, -0.1) is 0 Å². The summed E-state index contributed by atoms with van der Waals surface area (Å²) in [4.78, 5) is 0. The van der Waals surface area contributed by atoms with Gasteiger partial charge in [0.2, 0.25) is 0 Å². The first kappa shape index (κ1) is 10.7. The summed E-state index contributed by atoms with van der Waals surface area (Å²) >= 11 is 0. The molecule has 1 aliphatic rings. The van der Waals surface area contributed by atoms with Crippen LogP contribution in [0.1, 0.15) is 31.0 Å². The molecule has 0 saturated carbocycles. The molecule has 0 radical (unpaired) electrons. The summed E-state index contributed by atoms with van der Waals surface area (Å²) in [6.07, 6.45) is 1.14. The lowest BCUT2D eigenvalue weighted by Gasteiger charge is -2.22. The van der Waals surface area contributed by atoms with Crippen LogP contribution in [-0.4, -0.2) is 17.8 Å². The Morgan fingerprint density at radius 1 is 1.47 bits per heavy atom. The molecule has 1 aromatic rings. The van der Waals surface area contributed by atoms with Crippen LogP contribution in [0.5, 0.6) is 0 Å². The van der Waals surface area contributed by atoms with Gasteiger partial charge < -0.3 is 10.4 Å². The molecule has 0 fully saturated rings. The van der Waals surface area contributed by atoms with Crippen LogP contribution >= 0.6 is 0 Å². The van der Waals surface area contributed by atoms with Crippen molar-refractivity contribution in [1.29, 1.82) is 0 Å². The third-order valence-corrected chi connectivity index (χ3v) is 3.24. The van der Waals surface area contributed by atoms with E-state index in [1.54, 1.807) is 0 Å². The topological polar surface area (TPSA) is 32.3 Å². The molecule has 2 nitrogen and oxygen atoms in total. The van der Waals surface area contributed by atoms with E-state index in [9.17, 15) is 0 Å². The van der Waals surface area contributed by atoms with Crippen LogP contribution in [0.4, 0.5) is 0 Å². The van der Waals surface area contributed by atoms with Gasteiger partial charge in [-0.1, -0.05) is 31.2 Å². The SMILES string of the molecule is CC1Cc2ccccc2C1N[C@@H](C)CO. The maximum Gasteiger partial charge on any atom is 0.0582 e. The molecule has 0 aromatic heterocycles. The van der Waals surface area contributed by atoms with E-state index in [1.807, 2.05) is 6.92 Å². The number of rotatable bonds is 3. The fourth-order valence-corrected chi connectivity index (χ4v) is 2.41. The van der Waals surface area contributed by atoms with E-state index in [-0.39, 0.29) is 12.6 Å². The maximum absolute atomic E-state index is 9.07. The van der Waals surface area contributed by atoms with Crippen LogP contribution in [0.25, 0.3) is 0 Å². The van der Waals surface area contributed by atoms with Crippen molar-refractivity contribution in [2.24, 2.45) is 5.92 Å². The summed E-state index contributed by atoms with van der Waals surface area (Å²) in [5, 5.41) is 12.6. The van der Waals surface area contributed by atoms with E-state index in [1.165, 1.54) is 11.1 Å². The number of fused-ring (bicyclic) bond motifs is 1. The zero-order valence-corrected chi connectivity index (χ0v) is 9.40. The lowest BCUT2D eigenvalue weighted by atomic mass is 10.0. The first-order valence-corrected chi connectivity index (χ1v) is 5.67. The Morgan fingerprint density at radius 2 is 2.20 bits per heavy atom. The molecule has 0 saturated heterocycles. The highest BCUT2D eigenvalue weighted by molar-refractivity contribution is 5.35. The molecule has 82 valence electrons. The van der Waals surface area contributed by atoms with E-state index < -0.39 is 0 Å². The Balaban J connectivity index is 2.18. The third-order valence-electron chi connectivity index (χ3n) is 3.24. The largest absolute Gasteiger partial charge is 0.395 e. The zero-order chi connectivity index (χ0) is 10.8. The Labute approximate surface area is 91.3 Å². The predicted molar refractivity (Wildman–Crippen MR) is 61.7 cm³/mol. The van der Waals surface area contributed by atoms with Crippen molar-refractivity contribution in [3.63, 3.8) is 0 Å². The van der Waals surface area contributed by atoms with Gasteiger partial charge in [0.1, 0.15) is 0 Å². The number of nitrogens with one attached hydrogen (secondary N) is 1. The van der Waals surface area contributed by atoms with Gasteiger partial charge in [-0.25, -0.2) is 0 Å². The Morgan fingerprint density at radius 3 is 2.93 bits per heavy atom. The highest BCUT2D eigenvalue weighted by atomic mass is 16.3. The quantitative estimate of drug-likeness (QED) is 0.790. The Hall–Kier alpha value is -0.860. The van der Waals surface area contributed by atoms with E-state index in [4.69, 9.17) is 5.11 Å². The average Bonchev–Trinajstić information content (AvgIpc) is 2.55. The molecule has 2 unspecified atom stereocenters. The van der Waals surface area contributed by atoms with Crippen LogP contribution in [0.3, 0.4) is 0 Å². The van der Waals surface area contributed by atoms with Crippen molar-refractivity contribution < 1.29 is 5.11 Å². The van der Waals surface area contributed by atoms with E-state index in [2.05, 4.69) is 36.5 Å². The second-order valence-electron chi connectivity index (χ2n) is 4.61. The fourth-order valence-electron chi connectivity index (χ4n) is 2.41. The van der Waals surface area contributed by atoms with Gasteiger partial charge in [-0.2, -0.15) is 0 Å². The minimum absolute atomic E-state index is 0.170. The zero-order valence-electron chi connectivity index (χ0n) is 9.40. The monoisotopic (exact) mass is 205 g/mol. The van der Waals surface area contributed by atoms with Crippen molar-refractivity contribution in [3.8, 4) is 0 Å². The summed E-state index contributed by atoms with van der Waals surface area (Å²) in [5.74, 6) is 0.622. The second kappa shape index (κ2) is 4.33. The van der Waals surface area contributed by atoms with E-state index >= 15 is 0 Å². The molecule has 2 rings (SSSR count). The number of hydrogen-bond acceptors (Lipinski definition) is 2. The van der Waals surface area contributed by atoms with Crippen molar-refractivity contribution in [3.05, 3.63) is 35.4 Å². The van der Waals surface area contributed by atoms with Crippen LogP contribution in [0.2, 0.25) is 0 Å². The molecule has 0 spiro atoms. The molecule has 0 heterocycles. The molecular weight excluding hydrogens is 186 g/mol. The molecule has 0 aliphatic heterocycles. The van der Waals surface area contributed by atoms with Crippen molar-refractivity contribution >= 4 is 0 Å². The average molecular weight is 205 g/mol. The van der Waals surface area contributed by atoms with E-state index in [0.29, 0.717) is 12.0 Å². The smallest absolute Gasteiger partial charge is 0.0582 e. The molecule has 1 aromatic carbocycles. The maximum atomic E-state index is 9.07. The van der Waals surface area contributed by atoms with Crippen molar-refractivity contribution in [1.82, 2.24) is 5.32 Å². The molecule has 2 N–H and O–H groups in total. The van der Waals surface area contributed by atoms with Gasteiger partial charge in [-0.05, 0) is 30.4 Å². The summed E-state index contributed by atoms with van der Waals surface area (Å²) in [6.45, 7) is 4.49. The lowest BCUT2D eigenvalue weighted by Crippen LogP contribution is -2.34. The van der Waals surface area contributed by atoms with Gasteiger partial charge in [0.05, 0.1) is 6.61 Å². The van der Waals surface area contributed by atoms with Crippen LogP contribution < -0.4 is 5.32 Å². The minimum Gasteiger partial charge on any atom is -0.395 e. The summed E-state index contributed by atoms with van der Waals surface area (Å²) in [6, 6.07) is 9.17. The number of benzene rings is 1. The third kappa shape index (κ3) is 2.06. The fraction of sp³-hybridized carbons (Fsp3) is 0.538. The highest BCUT2D eigenvalue weighted by Crippen LogP contribution is 2.35. The minimum atomic E-state index is 0.170. The van der Waals surface area contributed by atoms with E-state index in [0.717, 1.165) is 6.42 Å². The Bertz CT molecular complexity index is 337. The van der Waals surface area contributed by atoms with Crippen LogP contribution in [0.15, 0.2) is 24.3 Å². The second-order valence-corrected chi connectivity index (χ2v) is 4.61. The van der Waals surface area contributed by atoms with Gasteiger partial charge >= 0.3 is 0 Å². The molecular formula is C13H19NO. The molecule has 3 atom stereocenters. The van der Waals surface area contributed by atoms with Gasteiger partial charge in [0.15, 0.2) is 0 Å². The van der Waals surface area contributed by atoms with Crippen molar-refractivity contribution in [2.45, 2.75) is 32.4 Å². The summed E-state index contributed by atoms with van der Waals surface area (Å²) in [7, 11) is 0. The Kier molecular flexibility index (Phi) is 3.08. The van der Waals surface area contributed by atoms with Gasteiger partial charge in [0.25, 0.3) is 0 Å². The number of hydrogen-bond donors (Lipinski definition) is 2. The molecule has 0 bridgehead atoms. The summed E-state index contributed by atoms with van der Waals surface area (Å²) in [5.41, 5.74) is 2.86.